The molecule has 0 fully saturated rings. The van der Waals surface area contributed by atoms with Gasteiger partial charge in [0.15, 0.2) is 0 Å². The number of para-hydroxylation sites is 1. The molecule has 1 N–H and O–H groups in total. The summed E-state index contributed by atoms with van der Waals surface area (Å²) in [4.78, 5) is 0. The molecule has 0 heterocycles. The molecule has 4 nitrogen and oxygen atoms in total. The Morgan fingerprint density at radius 1 is 1.47 bits per heavy atom. The van der Waals surface area contributed by atoms with E-state index >= 15 is 0 Å². The lowest BCUT2D eigenvalue weighted by molar-refractivity contribution is 0.198. The van der Waals surface area contributed by atoms with E-state index in [1.54, 1.807) is 7.11 Å². The Morgan fingerprint density at radius 2 is 2.24 bits per heavy atom. The molecule has 1 aromatic rings. The van der Waals surface area contributed by atoms with E-state index in [9.17, 15) is 8.76 Å². The second kappa shape index (κ2) is 7.42. The molecule has 0 radical (unpaired) electrons. The lowest BCUT2D eigenvalue weighted by Crippen LogP contribution is -2.09. The van der Waals surface area contributed by atoms with E-state index in [1.165, 1.54) is 0 Å². The van der Waals surface area contributed by atoms with Crippen LogP contribution in [0.25, 0.3) is 0 Å². The fraction of sp³-hybridized carbons (Fsp3) is 0.500. The highest BCUT2D eigenvalue weighted by molar-refractivity contribution is 7.78. The van der Waals surface area contributed by atoms with E-state index in [4.69, 9.17) is 4.74 Å². The topological polar surface area (TPSA) is 61.4 Å². The molecular weight excluding hydrogens is 238 g/mol. The van der Waals surface area contributed by atoms with Crippen molar-refractivity contribution in [2.75, 3.05) is 25.6 Å². The number of ether oxygens (including phenoxy) is 1. The summed E-state index contributed by atoms with van der Waals surface area (Å²) in [7, 11) is 1.67. The molecule has 0 aliphatic carbocycles. The highest BCUT2D eigenvalue weighted by Crippen LogP contribution is 2.21. The molecule has 96 valence electrons. The van der Waals surface area contributed by atoms with Gasteiger partial charge in [-0.3, -0.25) is 4.21 Å². The summed E-state index contributed by atoms with van der Waals surface area (Å²) >= 11 is -2.06. The lowest BCUT2D eigenvalue weighted by Gasteiger charge is -2.15. The van der Waals surface area contributed by atoms with Crippen molar-refractivity contribution in [3.05, 3.63) is 29.3 Å². The van der Waals surface area contributed by atoms with E-state index in [0.29, 0.717) is 6.61 Å². The summed E-state index contributed by atoms with van der Waals surface area (Å²) in [5.41, 5.74) is 2.80. The maximum Gasteiger partial charge on any atom is 0.0479 e. The maximum absolute atomic E-state index is 10.8. The summed E-state index contributed by atoms with van der Waals surface area (Å²) in [5, 5.41) is 3.27. The molecule has 1 aromatic carbocycles. The second-order valence-electron chi connectivity index (χ2n) is 3.83. The molecule has 0 aromatic heterocycles. The van der Waals surface area contributed by atoms with Crippen LogP contribution >= 0.6 is 0 Å². The van der Waals surface area contributed by atoms with Gasteiger partial charge in [0, 0.05) is 31.7 Å². The third kappa shape index (κ3) is 4.85. The van der Waals surface area contributed by atoms with Gasteiger partial charge in [-0.15, -0.1) is 0 Å². The van der Waals surface area contributed by atoms with Crippen LogP contribution in [-0.2, 0) is 21.6 Å². The minimum Gasteiger partial charge on any atom is -0.772 e. The minimum absolute atomic E-state index is 0.0499. The van der Waals surface area contributed by atoms with Gasteiger partial charge in [-0.25, -0.2) is 0 Å². The fourth-order valence-electron chi connectivity index (χ4n) is 1.66. The van der Waals surface area contributed by atoms with Gasteiger partial charge in [-0.05, 0) is 24.5 Å². The predicted octanol–water partition coefficient (Wildman–Crippen LogP) is 1.82. The second-order valence-corrected chi connectivity index (χ2v) is 4.73. The Kier molecular flexibility index (Phi) is 6.18. The van der Waals surface area contributed by atoms with Crippen molar-refractivity contribution in [2.45, 2.75) is 19.1 Å². The lowest BCUT2D eigenvalue weighted by atomic mass is 10.1. The van der Waals surface area contributed by atoms with Gasteiger partial charge in [0.1, 0.15) is 0 Å². The highest BCUT2D eigenvalue weighted by atomic mass is 32.2. The van der Waals surface area contributed by atoms with Crippen LogP contribution in [0.5, 0.6) is 0 Å². The molecule has 5 heteroatoms. The molecule has 0 bridgehead atoms. The first-order valence-electron chi connectivity index (χ1n) is 5.52. The quantitative estimate of drug-likeness (QED) is 0.597. The third-order valence-electron chi connectivity index (χ3n) is 2.46. The molecule has 0 amide bonds. The SMILES string of the molecule is COCCCNc1c(C)cccc1CS(=O)[O-]. The van der Waals surface area contributed by atoms with Crippen LogP contribution in [0.4, 0.5) is 5.69 Å². The normalized spacial score (nSPS) is 12.4. The van der Waals surface area contributed by atoms with Crippen LogP contribution in [0.1, 0.15) is 17.5 Å². The third-order valence-corrected chi connectivity index (χ3v) is 3.01. The average Bonchev–Trinajstić information content (AvgIpc) is 2.26. The number of benzene rings is 1. The van der Waals surface area contributed by atoms with Crippen molar-refractivity contribution in [1.82, 2.24) is 0 Å². The van der Waals surface area contributed by atoms with Gasteiger partial charge < -0.3 is 14.6 Å². The first kappa shape index (κ1) is 14.2. The van der Waals surface area contributed by atoms with E-state index < -0.39 is 11.1 Å². The number of anilines is 1. The van der Waals surface area contributed by atoms with E-state index in [-0.39, 0.29) is 5.75 Å². The molecule has 1 unspecified atom stereocenters. The molecule has 0 saturated heterocycles. The van der Waals surface area contributed by atoms with Crippen LogP contribution in [-0.4, -0.2) is 29.0 Å². The van der Waals surface area contributed by atoms with Crippen LogP contribution in [0, 0.1) is 6.92 Å². The maximum atomic E-state index is 10.8. The summed E-state index contributed by atoms with van der Waals surface area (Å²) < 4.78 is 26.5. The van der Waals surface area contributed by atoms with Crippen molar-refractivity contribution in [2.24, 2.45) is 0 Å². The first-order chi connectivity index (χ1) is 8.15. The molecule has 17 heavy (non-hydrogen) atoms. The van der Waals surface area contributed by atoms with E-state index in [1.807, 2.05) is 25.1 Å². The van der Waals surface area contributed by atoms with Gasteiger partial charge in [0.2, 0.25) is 0 Å². The van der Waals surface area contributed by atoms with Gasteiger partial charge in [-0.1, -0.05) is 29.3 Å². The van der Waals surface area contributed by atoms with Crippen LogP contribution in [0.2, 0.25) is 0 Å². The van der Waals surface area contributed by atoms with Gasteiger partial charge in [0.05, 0.1) is 0 Å². The van der Waals surface area contributed by atoms with E-state index in [0.717, 1.165) is 29.8 Å². The van der Waals surface area contributed by atoms with Gasteiger partial charge in [0.25, 0.3) is 0 Å². The minimum atomic E-state index is -2.06. The Hall–Kier alpha value is -0.910. The molecule has 1 atom stereocenters. The number of hydrogen-bond donors (Lipinski definition) is 1. The molecular formula is C12H18NO3S-. The average molecular weight is 256 g/mol. The number of nitrogens with one attached hydrogen (secondary N) is 1. The van der Waals surface area contributed by atoms with Crippen molar-refractivity contribution in [1.29, 1.82) is 0 Å². The summed E-state index contributed by atoms with van der Waals surface area (Å²) in [6.45, 7) is 3.44. The Balaban J connectivity index is 2.70. The van der Waals surface area contributed by atoms with Crippen LogP contribution < -0.4 is 5.32 Å². The smallest absolute Gasteiger partial charge is 0.0479 e. The Bertz CT molecular complexity index is 382. The number of aryl methyl sites for hydroxylation is 1. The van der Waals surface area contributed by atoms with Crippen LogP contribution in [0.15, 0.2) is 18.2 Å². The zero-order chi connectivity index (χ0) is 12.7. The predicted molar refractivity (Wildman–Crippen MR) is 68.8 cm³/mol. The van der Waals surface area contributed by atoms with Crippen molar-refractivity contribution in [3.63, 3.8) is 0 Å². The number of hydrogen-bond acceptors (Lipinski definition) is 4. The largest absolute Gasteiger partial charge is 0.772 e. The molecule has 0 saturated carbocycles. The van der Waals surface area contributed by atoms with Gasteiger partial charge in [-0.2, -0.15) is 0 Å². The number of rotatable bonds is 7. The number of methoxy groups -OCH3 is 1. The van der Waals surface area contributed by atoms with Crippen molar-refractivity contribution >= 4 is 16.8 Å². The summed E-state index contributed by atoms with van der Waals surface area (Å²) in [5.74, 6) is 0.0499. The van der Waals surface area contributed by atoms with Gasteiger partial charge >= 0.3 is 0 Å². The fourth-order valence-corrected chi connectivity index (χ4v) is 2.15. The highest BCUT2D eigenvalue weighted by Gasteiger charge is 2.04. The monoisotopic (exact) mass is 256 g/mol. The van der Waals surface area contributed by atoms with Crippen molar-refractivity contribution < 1.29 is 13.5 Å². The van der Waals surface area contributed by atoms with Crippen LogP contribution in [0.3, 0.4) is 0 Å². The first-order valence-corrected chi connectivity index (χ1v) is 6.76. The zero-order valence-corrected chi connectivity index (χ0v) is 11.0. The summed E-state index contributed by atoms with van der Waals surface area (Å²) in [6, 6.07) is 5.68. The van der Waals surface area contributed by atoms with E-state index in [2.05, 4.69) is 5.32 Å². The Labute approximate surface area is 105 Å². The summed E-state index contributed by atoms with van der Waals surface area (Å²) in [6.07, 6.45) is 0.894. The zero-order valence-electron chi connectivity index (χ0n) is 10.2. The Morgan fingerprint density at radius 3 is 2.88 bits per heavy atom. The molecule has 0 spiro atoms. The standard InChI is InChI=1S/C12H19NO3S/c1-10-5-3-6-11(9-17(14)15)12(10)13-7-4-8-16-2/h3,5-6,13H,4,7-9H2,1-2H3,(H,14,15)/p-1. The van der Waals surface area contributed by atoms with Crippen molar-refractivity contribution in [3.8, 4) is 0 Å². The molecule has 1 rings (SSSR count). The molecule has 0 aliphatic heterocycles. The molecule has 0 aliphatic rings.